The van der Waals surface area contributed by atoms with Crippen molar-refractivity contribution >= 4 is 17.8 Å². The second-order valence-corrected chi connectivity index (χ2v) is 6.24. The van der Waals surface area contributed by atoms with Gasteiger partial charge in [0.05, 0.1) is 12.6 Å². The van der Waals surface area contributed by atoms with Crippen LogP contribution in [-0.2, 0) is 27.5 Å². The SMILES string of the molecule is CC(=O)[O-].CCC(O)C[n+]1ccn(CCCN2C(=O)CC(C)C2=O)c1. The maximum Gasteiger partial charge on any atom is 0.243 e. The molecule has 2 amide bonds. The number of likely N-dealkylation sites (tertiary alicyclic amines) is 1. The minimum atomic E-state index is -1.08. The molecule has 25 heavy (non-hydrogen) atoms. The number of aliphatic carboxylic acids is 1. The number of hydrogen-bond donors (Lipinski definition) is 1. The van der Waals surface area contributed by atoms with Crippen molar-refractivity contribution in [3.05, 3.63) is 18.7 Å². The van der Waals surface area contributed by atoms with Crippen LogP contribution in [0.4, 0.5) is 0 Å². The van der Waals surface area contributed by atoms with Gasteiger partial charge in [0.1, 0.15) is 18.9 Å². The van der Waals surface area contributed by atoms with Crippen molar-refractivity contribution in [1.29, 1.82) is 0 Å². The first kappa shape index (κ1) is 20.8. The van der Waals surface area contributed by atoms with Crippen LogP contribution in [-0.4, -0.2) is 45.0 Å². The molecule has 1 aliphatic heterocycles. The predicted molar refractivity (Wildman–Crippen MR) is 86.7 cm³/mol. The lowest BCUT2D eigenvalue weighted by atomic mass is 10.1. The topological polar surface area (TPSA) is 107 Å². The number of carboxylic acids is 1. The van der Waals surface area contributed by atoms with Gasteiger partial charge in [-0.15, -0.1) is 0 Å². The van der Waals surface area contributed by atoms with E-state index in [1.54, 1.807) is 6.92 Å². The van der Waals surface area contributed by atoms with Crippen molar-refractivity contribution in [3.63, 3.8) is 0 Å². The molecule has 1 aromatic heterocycles. The lowest BCUT2D eigenvalue weighted by molar-refractivity contribution is -0.703. The molecule has 8 heteroatoms. The highest BCUT2D eigenvalue weighted by Crippen LogP contribution is 2.18. The Kier molecular flexibility index (Phi) is 8.27. The molecule has 0 saturated carbocycles. The van der Waals surface area contributed by atoms with Crippen molar-refractivity contribution in [1.82, 2.24) is 9.47 Å². The number of nitrogens with zero attached hydrogens (tertiary/aromatic N) is 3. The molecule has 2 heterocycles. The first-order valence-corrected chi connectivity index (χ1v) is 8.49. The number of carbonyl (C=O) groups excluding carboxylic acids is 3. The van der Waals surface area contributed by atoms with E-state index < -0.39 is 5.97 Å². The summed E-state index contributed by atoms with van der Waals surface area (Å²) in [5.74, 6) is -1.35. The Bertz CT molecular complexity index is 595. The molecule has 1 N–H and O–H groups in total. The molecule has 0 radical (unpaired) electrons. The van der Waals surface area contributed by atoms with Gasteiger partial charge in [-0.25, -0.2) is 9.13 Å². The van der Waals surface area contributed by atoms with E-state index in [2.05, 4.69) is 0 Å². The van der Waals surface area contributed by atoms with E-state index >= 15 is 0 Å². The van der Waals surface area contributed by atoms with E-state index in [4.69, 9.17) is 9.90 Å². The molecule has 8 nitrogen and oxygen atoms in total. The summed E-state index contributed by atoms with van der Waals surface area (Å²) in [6, 6.07) is 0. The molecule has 1 aliphatic rings. The van der Waals surface area contributed by atoms with Gasteiger partial charge in [0, 0.05) is 31.3 Å². The lowest BCUT2D eigenvalue weighted by Gasteiger charge is -2.13. The maximum atomic E-state index is 11.8. The molecule has 140 valence electrons. The largest absolute Gasteiger partial charge is 0.550 e. The molecule has 2 atom stereocenters. The molecule has 1 saturated heterocycles. The fourth-order valence-corrected chi connectivity index (χ4v) is 2.55. The summed E-state index contributed by atoms with van der Waals surface area (Å²) in [7, 11) is 0. The van der Waals surface area contributed by atoms with Gasteiger partial charge in [0.25, 0.3) is 0 Å². The number of carbonyl (C=O) groups is 3. The Morgan fingerprint density at radius 3 is 2.60 bits per heavy atom. The number of aromatic nitrogens is 2. The quantitative estimate of drug-likeness (QED) is 0.504. The van der Waals surface area contributed by atoms with Crippen LogP contribution >= 0.6 is 0 Å². The third kappa shape index (κ3) is 7.04. The fourth-order valence-electron chi connectivity index (χ4n) is 2.55. The summed E-state index contributed by atoms with van der Waals surface area (Å²) in [6.45, 7) is 6.55. The summed E-state index contributed by atoms with van der Waals surface area (Å²) in [4.78, 5) is 33.7. The first-order valence-electron chi connectivity index (χ1n) is 8.49. The monoisotopic (exact) mass is 353 g/mol. The Morgan fingerprint density at radius 2 is 2.08 bits per heavy atom. The first-order chi connectivity index (χ1) is 11.7. The van der Waals surface area contributed by atoms with Crippen molar-refractivity contribution in [2.45, 2.75) is 59.2 Å². The maximum absolute atomic E-state index is 11.8. The number of hydrogen-bond acceptors (Lipinski definition) is 5. The minimum Gasteiger partial charge on any atom is -0.550 e. The van der Waals surface area contributed by atoms with Gasteiger partial charge >= 0.3 is 0 Å². The summed E-state index contributed by atoms with van der Waals surface area (Å²) in [5.41, 5.74) is 0. The van der Waals surface area contributed by atoms with Crippen molar-refractivity contribution in [2.75, 3.05) is 6.54 Å². The van der Waals surface area contributed by atoms with Gasteiger partial charge in [-0.1, -0.05) is 13.8 Å². The Labute approximate surface area is 147 Å². The number of aliphatic hydroxyl groups excluding tert-OH is 1. The van der Waals surface area contributed by atoms with Crippen LogP contribution < -0.4 is 9.67 Å². The van der Waals surface area contributed by atoms with E-state index in [1.165, 1.54) is 4.90 Å². The zero-order chi connectivity index (χ0) is 19.0. The molecule has 1 aromatic rings. The van der Waals surface area contributed by atoms with Crippen LogP contribution in [0.25, 0.3) is 0 Å². The lowest BCUT2D eigenvalue weighted by Crippen LogP contribution is -2.37. The highest BCUT2D eigenvalue weighted by Gasteiger charge is 2.34. The number of carboxylic acid groups (broad SMARTS) is 1. The van der Waals surface area contributed by atoms with E-state index in [-0.39, 0.29) is 23.8 Å². The van der Waals surface area contributed by atoms with Crippen molar-refractivity contribution in [3.8, 4) is 0 Å². The highest BCUT2D eigenvalue weighted by atomic mass is 16.4. The van der Waals surface area contributed by atoms with Gasteiger partial charge in [-0.05, 0) is 13.3 Å². The zero-order valence-electron chi connectivity index (χ0n) is 15.1. The van der Waals surface area contributed by atoms with Gasteiger partial charge in [-0.3, -0.25) is 14.5 Å². The average molecular weight is 353 g/mol. The second kappa shape index (κ2) is 9.93. The number of aryl methyl sites for hydroxylation is 1. The van der Waals surface area contributed by atoms with Crippen LogP contribution in [0.15, 0.2) is 18.7 Å². The Morgan fingerprint density at radius 1 is 1.44 bits per heavy atom. The molecule has 0 aromatic carbocycles. The Hall–Kier alpha value is -2.22. The molecule has 0 aliphatic carbocycles. The summed E-state index contributed by atoms with van der Waals surface area (Å²) >= 11 is 0. The van der Waals surface area contributed by atoms with Gasteiger partial charge in [0.15, 0.2) is 0 Å². The molecular weight excluding hydrogens is 326 g/mol. The van der Waals surface area contributed by atoms with Gasteiger partial charge < -0.3 is 15.0 Å². The molecule has 2 rings (SSSR count). The second-order valence-electron chi connectivity index (χ2n) is 6.24. The van der Waals surface area contributed by atoms with Crippen LogP contribution in [0, 0.1) is 5.92 Å². The summed E-state index contributed by atoms with van der Waals surface area (Å²) in [5, 5.41) is 18.5. The third-order valence-corrected chi connectivity index (χ3v) is 3.91. The number of imidazole rings is 1. The van der Waals surface area contributed by atoms with Crippen LogP contribution in [0.1, 0.15) is 40.0 Å². The molecule has 2 unspecified atom stereocenters. The minimum absolute atomic E-state index is 0.0476. The Balaban J connectivity index is 0.000000705. The number of aliphatic hydroxyl groups is 1. The third-order valence-electron chi connectivity index (χ3n) is 3.91. The molecule has 0 bridgehead atoms. The fraction of sp³-hybridized carbons (Fsp3) is 0.647. The molecular formula is C17H27N3O5. The normalized spacial score (nSPS) is 18.1. The summed E-state index contributed by atoms with van der Waals surface area (Å²) in [6.07, 6.45) is 7.30. The van der Waals surface area contributed by atoms with E-state index in [0.29, 0.717) is 19.5 Å². The van der Waals surface area contributed by atoms with Gasteiger partial charge in [0.2, 0.25) is 18.1 Å². The van der Waals surface area contributed by atoms with Crippen molar-refractivity contribution < 1.29 is 29.2 Å². The van der Waals surface area contributed by atoms with Crippen LogP contribution in [0.2, 0.25) is 0 Å². The molecule has 1 fully saturated rings. The van der Waals surface area contributed by atoms with Crippen LogP contribution in [0.5, 0.6) is 0 Å². The number of imide groups is 1. The summed E-state index contributed by atoms with van der Waals surface area (Å²) < 4.78 is 3.96. The van der Waals surface area contributed by atoms with E-state index in [0.717, 1.165) is 26.3 Å². The van der Waals surface area contributed by atoms with Gasteiger partial charge in [-0.2, -0.15) is 0 Å². The standard InChI is InChI=1S/C15H24N3O3.C2H4O2/c1-3-13(19)10-17-8-7-16(11-17)5-4-6-18-14(20)9-12(2)15(18)21;1-2(3)4/h7-8,11-13,19H,3-6,9-10H2,1-2H3;1H3,(H,3,4)/q+1;/p-1. The van der Waals surface area contributed by atoms with Crippen molar-refractivity contribution in [2.24, 2.45) is 5.92 Å². The predicted octanol–water partition coefficient (Wildman–Crippen LogP) is -0.912. The highest BCUT2D eigenvalue weighted by molar-refractivity contribution is 6.03. The smallest absolute Gasteiger partial charge is 0.243 e. The van der Waals surface area contributed by atoms with E-state index in [9.17, 15) is 14.7 Å². The average Bonchev–Trinajstić information content (AvgIpc) is 3.06. The number of rotatable bonds is 7. The van der Waals surface area contributed by atoms with Crippen LogP contribution in [0.3, 0.4) is 0 Å². The number of amides is 2. The molecule has 0 spiro atoms. The zero-order valence-corrected chi connectivity index (χ0v) is 15.1. The van der Waals surface area contributed by atoms with E-state index in [1.807, 2.05) is 34.8 Å².